The fraction of sp³-hybridized carbons (Fsp3) is 0.429. The van der Waals surface area contributed by atoms with E-state index in [1.54, 1.807) is 18.2 Å². The number of rotatable bonds is 8. The first-order valence-corrected chi connectivity index (χ1v) is 6.64. The molecule has 3 N–H and O–H groups in total. The molecule has 0 aliphatic rings. The second kappa shape index (κ2) is 8.68. The van der Waals surface area contributed by atoms with Crippen molar-refractivity contribution < 1.29 is 24.2 Å². The molecule has 0 aromatic heterocycles. The maximum Gasteiger partial charge on any atom is 0.319 e. The van der Waals surface area contributed by atoms with E-state index in [0.717, 1.165) is 0 Å². The number of carbonyl (C=O) groups excluding carboxylic acids is 1. The van der Waals surface area contributed by atoms with Gasteiger partial charge in [-0.05, 0) is 25.5 Å². The van der Waals surface area contributed by atoms with Gasteiger partial charge >= 0.3 is 12.0 Å². The Kier molecular flexibility index (Phi) is 6.86. The van der Waals surface area contributed by atoms with Gasteiger partial charge in [-0.2, -0.15) is 0 Å². The number of benzene rings is 1. The molecule has 2 amide bonds. The van der Waals surface area contributed by atoms with Gasteiger partial charge in [-0.15, -0.1) is 0 Å². The Balaban J connectivity index is 2.58. The Bertz CT molecular complexity index is 490. The quantitative estimate of drug-likeness (QED) is 0.638. The van der Waals surface area contributed by atoms with Crippen molar-refractivity contribution in [3.8, 4) is 11.5 Å². The summed E-state index contributed by atoms with van der Waals surface area (Å²) < 4.78 is 10.5. The van der Waals surface area contributed by atoms with Gasteiger partial charge in [-0.3, -0.25) is 4.79 Å². The van der Waals surface area contributed by atoms with E-state index in [-0.39, 0.29) is 13.0 Å². The Labute approximate surface area is 123 Å². The number of amides is 2. The zero-order chi connectivity index (χ0) is 15.7. The minimum atomic E-state index is -0.886. The second-order valence-corrected chi connectivity index (χ2v) is 4.17. The highest BCUT2D eigenvalue weighted by Gasteiger charge is 2.09. The number of urea groups is 1. The molecule has 0 radical (unpaired) electrons. The van der Waals surface area contributed by atoms with Crippen molar-refractivity contribution in [1.29, 1.82) is 0 Å². The minimum Gasteiger partial charge on any atom is -0.497 e. The van der Waals surface area contributed by atoms with Gasteiger partial charge in [0.2, 0.25) is 0 Å². The van der Waals surface area contributed by atoms with Gasteiger partial charge in [0.05, 0.1) is 19.4 Å². The molecule has 0 aliphatic carbocycles. The Morgan fingerprint density at radius 2 is 2.10 bits per heavy atom. The molecule has 0 atom stereocenters. The summed E-state index contributed by atoms with van der Waals surface area (Å²) in [5.41, 5.74) is 0.493. The van der Waals surface area contributed by atoms with Crippen LogP contribution in [0.1, 0.15) is 19.8 Å². The van der Waals surface area contributed by atoms with E-state index in [4.69, 9.17) is 14.6 Å². The van der Waals surface area contributed by atoms with E-state index >= 15 is 0 Å². The summed E-state index contributed by atoms with van der Waals surface area (Å²) >= 11 is 0. The third kappa shape index (κ3) is 6.03. The van der Waals surface area contributed by atoms with Gasteiger partial charge in [0.25, 0.3) is 0 Å². The summed E-state index contributed by atoms with van der Waals surface area (Å²) in [6, 6.07) is 4.68. The number of nitrogens with one attached hydrogen (secondary N) is 2. The summed E-state index contributed by atoms with van der Waals surface area (Å²) in [4.78, 5) is 22.1. The van der Waals surface area contributed by atoms with Crippen molar-refractivity contribution in [2.24, 2.45) is 0 Å². The summed E-state index contributed by atoms with van der Waals surface area (Å²) in [6.45, 7) is 2.60. The fourth-order valence-electron chi connectivity index (χ4n) is 1.62. The van der Waals surface area contributed by atoms with Crippen LogP contribution in [0.2, 0.25) is 0 Å². The lowest BCUT2D eigenvalue weighted by atomic mass is 10.2. The third-order valence-corrected chi connectivity index (χ3v) is 2.59. The van der Waals surface area contributed by atoms with Gasteiger partial charge in [0, 0.05) is 19.0 Å². The Morgan fingerprint density at radius 1 is 1.33 bits per heavy atom. The van der Waals surface area contributed by atoms with Crippen LogP contribution in [0.4, 0.5) is 10.5 Å². The van der Waals surface area contributed by atoms with E-state index in [2.05, 4.69) is 10.6 Å². The lowest BCUT2D eigenvalue weighted by Gasteiger charge is -2.13. The van der Waals surface area contributed by atoms with Gasteiger partial charge in [-0.1, -0.05) is 0 Å². The predicted octanol–water partition coefficient (Wildman–Crippen LogP) is 2.08. The van der Waals surface area contributed by atoms with Crippen LogP contribution in [0.5, 0.6) is 11.5 Å². The van der Waals surface area contributed by atoms with Crippen molar-refractivity contribution in [2.45, 2.75) is 19.8 Å². The van der Waals surface area contributed by atoms with Crippen molar-refractivity contribution in [3.05, 3.63) is 18.2 Å². The summed E-state index contributed by atoms with van der Waals surface area (Å²) in [5.74, 6) is 0.252. The lowest BCUT2D eigenvalue weighted by molar-refractivity contribution is -0.137. The van der Waals surface area contributed by atoms with Gasteiger partial charge in [-0.25, -0.2) is 4.79 Å². The van der Waals surface area contributed by atoms with Crippen molar-refractivity contribution in [2.75, 3.05) is 25.6 Å². The van der Waals surface area contributed by atoms with Gasteiger partial charge < -0.3 is 25.2 Å². The molecular weight excluding hydrogens is 276 g/mol. The van der Waals surface area contributed by atoms with E-state index in [1.807, 2.05) is 6.92 Å². The molecule has 116 valence electrons. The van der Waals surface area contributed by atoms with Crippen LogP contribution < -0.4 is 20.1 Å². The number of carboxylic acids is 1. The molecule has 0 fully saturated rings. The van der Waals surface area contributed by atoms with Crippen LogP contribution in [-0.4, -0.2) is 37.4 Å². The Hall–Kier alpha value is -2.44. The van der Waals surface area contributed by atoms with E-state index in [0.29, 0.717) is 30.2 Å². The minimum absolute atomic E-state index is 0.0175. The first-order valence-electron chi connectivity index (χ1n) is 6.64. The van der Waals surface area contributed by atoms with Crippen LogP contribution in [-0.2, 0) is 4.79 Å². The smallest absolute Gasteiger partial charge is 0.319 e. The molecule has 1 rings (SSSR count). The lowest BCUT2D eigenvalue weighted by Crippen LogP contribution is -2.30. The average molecular weight is 296 g/mol. The van der Waals surface area contributed by atoms with Crippen LogP contribution in [0, 0.1) is 0 Å². The molecule has 7 nitrogen and oxygen atoms in total. The largest absolute Gasteiger partial charge is 0.497 e. The fourth-order valence-corrected chi connectivity index (χ4v) is 1.62. The number of hydrogen-bond acceptors (Lipinski definition) is 4. The topological polar surface area (TPSA) is 96.9 Å². The second-order valence-electron chi connectivity index (χ2n) is 4.17. The molecule has 1 aromatic carbocycles. The molecule has 7 heteroatoms. The van der Waals surface area contributed by atoms with Crippen LogP contribution in [0.3, 0.4) is 0 Å². The maximum absolute atomic E-state index is 11.7. The molecular formula is C14H20N2O5. The molecule has 0 heterocycles. The number of carbonyl (C=O) groups is 2. The first kappa shape index (κ1) is 16.6. The molecule has 0 unspecified atom stereocenters. The normalized spacial score (nSPS) is 9.81. The number of anilines is 1. The highest BCUT2D eigenvalue weighted by molar-refractivity contribution is 5.91. The van der Waals surface area contributed by atoms with Gasteiger partial charge in [0.1, 0.15) is 11.5 Å². The van der Waals surface area contributed by atoms with Crippen LogP contribution in [0.15, 0.2) is 18.2 Å². The SMILES string of the molecule is CCOc1ccc(OC)cc1NC(=O)NCCCC(=O)O. The van der Waals surface area contributed by atoms with E-state index < -0.39 is 12.0 Å². The predicted molar refractivity (Wildman–Crippen MR) is 78.1 cm³/mol. The molecule has 1 aromatic rings. The number of carboxylic acid groups (broad SMARTS) is 1. The maximum atomic E-state index is 11.7. The zero-order valence-electron chi connectivity index (χ0n) is 12.1. The highest BCUT2D eigenvalue weighted by Crippen LogP contribution is 2.29. The van der Waals surface area contributed by atoms with Crippen molar-refractivity contribution in [1.82, 2.24) is 5.32 Å². The summed E-state index contributed by atoms with van der Waals surface area (Å²) in [7, 11) is 1.53. The van der Waals surface area contributed by atoms with Crippen molar-refractivity contribution >= 4 is 17.7 Å². The summed E-state index contributed by atoms with van der Waals surface area (Å²) in [5, 5.41) is 13.7. The molecule has 0 aliphatic heterocycles. The van der Waals surface area contributed by atoms with E-state index in [9.17, 15) is 9.59 Å². The Morgan fingerprint density at radius 3 is 2.71 bits per heavy atom. The molecule has 0 spiro atoms. The molecule has 0 saturated carbocycles. The van der Waals surface area contributed by atoms with E-state index in [1.165, 1.54) is 7.11 Å². The number of methoxy groups -OCH3 is 1. The molecule has 0 saturated heterocycles. The van der Waals surface area contributed by atoms with Crippen molar-refractivity contribution in [3.63, 3.8) is 0 Å². The third-order valence-electron chi connectivity index (χ3n) is 2.59. The zero-order valence-corrected chi connectivity index (χ0v) is 12.1. The van der Waals surface area contributed by atoms with Crippen LogP contribution >= 0.6 is 0 Å². The molecule has 0 bridgehead atoms. The number of aliphatic carboxylic acids is 1. The van der Waals surface area contributed by atoms with Crippen LogP contribution in [0.25, 0.3) is 0 Å². The monoisotopic (exact) mass is 296 g/mol. The standard InChI is InChI=1S/C14H20N2O5/c1-3-21-12-7-6-10(20-2)9-11(12)16-14(19)15-8-4-5-13(17)18/h6-7,9H,3-5,8H2,1-2H3,(H,17,18)(H2,15,16,19). The van der Waals surface area contributed by atoms with Gasteiger partial charge in [0.15, 0.2) is 0 Å². The number of ether oxygens (including phenoxy) is 2. The molecule has 21 heavy (non-hydrogen) atoms. The average Bonchev–Trinajstić information content (AvgIpc) is 2.45. The highest BCUT2D eigenvalue weighted by atomic mass is 16.5. The first-order chi connectivity index (χ1) is 10.1. The number of hydrogen-bond donors (Lipinski definition) is 3. The summed E-state index contributed by atoms with van der Waals surface area (Å²) in [6.07, 6.45) is 0.392.